The first-order valence-electron chi connectivity index (χ1n) is 6.83. The molecule has 0 aliphatic heterocycles. The fourth-order valence-corrected chi connectivity index (χ4v) is 3.67. The Bertz CT molecular complexity index is 881. The molecule has 2 aromatic carbocycles. The predicted molar refractivity (Wildman–Crippen MR) is 88.0 cm³/mol. The number of carboxylic acid groups (broad SMARTS) is 1. The molecule has 23 heavy (non-hydrogen) atoms. The molecule has 0 aliphatic carbocycles. The second-order valence-corrected chi connectivity index (χ2v) is 6.56. The third-order valence-corrected chi connectivity index (χ3v) is 5.16. The van der Waals surface area contributed by atoms with Gasteiger partial charge in [0.2, 0.25) is 0 Å². The van der Waals surface area contributed by atoms with Gasteiger partial charge in [0, 0.05) is 12.1 Å². The maximum atomic E-state index is 12.8. The van der Waals surface area contributed by atoms with E-state index in [-0.39, 0.29) is 17.0 Å². The molecule has 2 aromatic rings. The molecule has 0 aromatic heterocycles. The molecule has 0 amide bonds. The Morgan fingerprint density at radius 1 is 1.22 bits per heavy atom. The normalized spacial score (nSPS) is 10.8. The van der Waals surface area contributed by atoms with E-state index in [0.717, 1.165) is 6.07 Å². The van der Waals surface area contributed by atoms with Gasteiger partial charge in [-0.2, -0.15) is 0 Å². The second kappa shape index (κ2) is 6.55. The number of carbonyl (C=O) groups is 1. The number of carboxylic acids is 1. The maximum Gasteiger partial charge on any atom is 0.335 e. The Morgan fingerprint density at radius 3 is 2.52 bits per heavy atom. The van der Waals surface area contributed by atoms with Crippen LogP contribution in [0, 0.1) is 12.3 Å². The molecule has 0 fully saturated rings. The second-order valence-electron chi connectivity index (χ2n) is 4.70. The van der Waals surface area contributed by atoms with Crippen LogP contribution in [0.4, 0.5) is 5.69 Å². The first kappa shape index (κ1) is 16.6. The molecule has 0 atom stereocenters. The van der Waals surface area contributed by atoms with Crippen LogP contribution in [0.15, 0.2) is 53.4 Å². The molecule has 118 valence electrons. The molecule has 1 N–H and O–H groups in total. The van der Waals surface area contributed by atoms with Gasteiger partial charge < -0.3 is 5.11 Å². The third kappa shape index (κ3) is 3.35. The number of hydrogen-bond donors (Lipinski definition) is 1. The highest BCUT2D eigenvalue weighted by Gasteiger charge is 2.24. The molecule has 0 heterocycles. The number of rotatable bonds is 5. The van der Waals surface area contributed by atoms with Gasteiger partial charge >= 0.3 is 5.97 Å². The summed E-state index contributed by atoms with van der Waals surface area (Å²) in [5.41, 5.74) is 0.915. The van der Waals surface area contributed by atoms with Gasteiger partial charge in [0.15, 0.2) is 0 Å². The largest absolute Gasteiger partial charge is 0.478 e. The molecule has 6 heteroatoms. The quantitative estimate of drug-likeness (QED) is 0.856. The van der Waals surface area contributed by atoms with Gasteiger partial charge in [-0.15, -0.1) is 6.42 Å². The van der Waals surface area contributed by atoms with Crippen LogP contribution in [0.5, 0.6) is 0 Å². The highest BCUT2D eigenvalue weighted by atomic mass is 32.2. The molecule has 0 spiro atoms. The minimum absolute atomic E-state index is 0.0784. The molecular weight excluding hydrogens is 314 g/mol. The van der Waals surface area contributed by atoms with Crippen molar-refractivity contribution in [2.24, 2.45) is 0 Å². The van der Waals surface area contributed by atoms with Gasteiger partial charge in [0.1, 0.15) is 0 Å². The van der Waals surface area contributed by atoms with E-state index in [2.05, 4.69) is 5.92 Å². The Kier molecular flexibility index (Phi) is 4.72. The van der Waals surface area contributed by atoms with Crippen molar-refractivity contribution < 1.29 is 18.3 Å². The van der Waals surface area contributed by atoms with Crippen LogP contribution >= 0.6 is 0 Å². The molecule has 0 saturated carbocycles. The Morgan fingerprint density at radius 2 is 1.91 bits per heavy atom. The van der Waals surface area contributed by atoms with Crippen molar-refractivity contribution in [3.63, 3.8) is 0 Å². The van der Waals surface area contributed by atoms with Crippen LogP contribution < -0.4 is 4.31 Å². The number of sulfonamides is 1. The Balaban J connectivity index is 2.53. The number of anilines is 1. The average molecular weight is 329 g/mol. The van der Waals surface area contributed by atoms with Gasteiger partial charge in [0.05, 0.1) is 16.1 Å². The van der Waals surface area contributed by atoms with Crippen molar-refractivity contribution in [1.29, 1.82) is 0 Å². The summed E-state index contributed by atoms with van der Waals surface area (Å²) in [7, 11) is -3.88. The maximum absolute atomic E-state index is 12.8. The van der Waals surface area contributed by atoms with E-state index >= 15 is 0 Å². The predicted octanol–water partition coefficient (Wildman–Crippen LogP) is 2.58. The van der Waals surface area contributed by atoms with Crippen molar-refractivity contribution in [2.75, 3.05) is 10.8 Å². The van der Waals surface area contributed by atoms with E-state index in [9.17, 15) is 13.2 Å². The molecule has 0 radical (unpaired) electrons. The number of terminal acetylenes is 1. The number of nitrogens with zero attached hydrogens (tertiary/aromatic N) is 1. The summed E-state index contributed by atoms with van der Waals surface area (Å²) in [6.07, 6.45) is 5.35. The van der Waals surface area contributed by atoms with Crippen LogP contribution in [0.25, 0.3) is 0 Å². The Hall–Kier alpha value is -2.78. The van der Waals surface area contributed by atoms with Crippen LogP contribution in [0.2, 0.25) is 0 Å². The number of benzene rings is 2. The highest BCUT2D eigenvalue weighted by Crippen LogP contribution is 2.24. The molecule has 2 rings (SSSR count). The van der Waals surface area contributed by atoms with E-state index in [0.29, 0.717) is 11.3 Å². The minimum atomic E-state index is -3.88. The molecule has 0 aliphatic rings. The minimum Gasteiger partial charge on any atom is -0.478 e. The Labute approximate surface area is 135 Å². The van der Waals surface area contributed by atoms with Crippen molar-refractivity contribution >= 4 is 21.7 Å². The summed E-state index contributed by atoms with van der Waals surface area (Å²) in [6.45, 7) is 1.88. The lowest BCUT2D eigenvalue weighted by Gasteiger charge is -2.23. The fraction of sp³-hybridized carbons (Fsp3) is 0.118. The van der Waals surface area contributed by atoms with Crippen molar-refractivity contribution in [3.8, 4) is 12.3 Å². The van der Waals surface area contributed by atoms with E-state index in [4.69, 9.17) is 11.5 Å². The van der Waals surface area contributed by atoms with Crippen molar-refractivity contribution in [2.45, 2.75) is 11.8 Å². The molecule has 0 unspecified atom stereocenters. The van der Waals surface area contributed by atoms with Gasteiger partial charge in [-0.3, -0.25) is 4.31 Å². The lowest BCUT2D eigenvalue weighted by molar-refractivity contribution is 0.0696. The smallest absolute Gasteiger partial charge is 0.335 e. The molecule has 5 nitrogen and oxygen atoms in total. The van der Waals surface area contributed by atoms with Crippen LogP contribution in [-0.4, -0.2) is 26.0 Å². The summed E-state index contributed by atoms with van der Waals surface area (Å²) in [5, 5.41) is 9.03. The van der Waals surface area contributed by atoms with Crippen molar-refractivity contribution in [3.05, 3.63) is 59.7 Å². The van der Waals surface area contributed by atoms with Crippen LogP contribution in [0.3, 0.4) is 0 Å². The summed E-state index contributed by atoms with van der Waals surface area (Å²) >= 11 is 0. The molecule has 0 bridgehead atoms. The summed E-state index contributed by atoms with van der Waals surface area (Å²) in [6, 6.07) is 11.9. The summed E-state index contributed by atoms with van der Waals surface area (Å²) in [5.74, 6) is 1.28. The van der Waals surface area contributed by atoms with Crippen molar-refractivity contribution in [1.82, 2.24) is 0 Å². The van der Waals surface area contributed by atoms with E-state index in [1.165, 1.54) is 22.5 Å². The van der Waals surface area contributed by atoms with E-state index in [1.807, 2.05) is 0 Å². The SMILES string of the molecule is C#Cc1cccc(N(CC)S(=O)(=O)c2cccc(C(=O)O)c2)c1. The summed E-state index contributed by atoms with van der Waals surface area (Å²) in [4.78, 5) is 11.0. The highest BCUT2D eigenvalue weighted by molar-refractivity contribution is 7.92. The molecular formula is C17H15NO4S. The van der Waals surface area contributed by atoms with Gasteiger partial charge in [-0.1, -0.05) is 18.1 Å². The summed E-state index contributed by atoms with van der Waals surface area (Å²) < 4.78 is 26.8. The van der Waals surface area contributed by atoms with Gasteiger partial charge in [-0.05, 0) is 43.3 Å². The fourth-order valence-electron chi connectivity index (χ4n) is 2.16. The molecule has 0 saturated heterocycles. The van der Waals surface area contributed by atoms with Crippen LogP contribution in [0.1, 0.15) is 22.8 Å². The zero-order chi connectivity index (χ0) is 17.0. The lowest BCUT2D eigenvalue weighted by atomic mass is 10.2. The third-order valence-electron chi connectivity index (χ3n) is 3.26. The lowest BCUT2D eigenvalue weighted by Crippen LogP contribution is -2.31. The first-order valence-corrected chi connectivity index (χ1v) is 8.27. The van der Waals surface area contributed by atoms with Crippen LogP contribution in [-0.2, 0) is 10.0 Å². The zero-order valence-corrected chi connectivity index (χ0v) is 13.2. The van der Waals surface area contributed by atoms with Gasteiger partial charge in [0.25, 0.3) is 10.0 Å². The number of hydrogen-bond acceptors (Lipinski definition) is 3. The standard InChI is InChI=1S/C17H15NO4S/c1-3-13-7-5-9-15(11-13)18(4-2)23(21,22)16-10-6-8-14(12-16)17(19)20/h1,5-12H,4H2,2H3,(H,19,20). The topological polar surface area (TPSA) is 74.7 Å². The zero-order valence-electron chi connectivity index (χ0n) is 12.4. The number of aromatic carboxylic acids is 1. The first-order chi connectivity index (χ1) is 10.9. The van der Waals surface area contributed by atoms with Gasteiger partial charge in [-0.25, -0.2) is 13.2 Å². The monoisotopic (exact) mass is 329 g/mol. The van der Waals surface area contributed by atoms with E-state index < -0.39 is 16.0 Å². The average Bonchev–Trinajstić information content (AvgIpc) is 2.55. The van der Waals surface area contributed by atoms with E-state index in [1.54, 1.807) is 31.2 Å².